The summed E-state index contributed by atoms with van der Waals surface area (Å²) in [6.45, 7) is 5.50. The zero-order valence-electron chi connectivity index (χ0n) is 33.5. The molecule has 58 heavy (non-hydrogen) atoms. The van der Waals surface area contributed by atoms with Crippen molar-refractivity contribution in [3.8, 4) is 0 Å². The summed E-state index contributed by atoms with van der Waals surface area (Å²) in [6, 6.07) is 0. The molecular weight excluding hydrogens is 764 g/mol. The van der Waals surface area contributed by atoms with Crippen molar-refractivity contribution in [3.05, 3.63) is 11.6 Å². The van der Waals surface area contributed by atoms with E-state index in [2.05, 4.69) is 13.8 Å². The van der Waals surface area contributed by atoms with Crippen LogP contribution in [0.1, 0.15) is 85.0 Å². The van der Waals surface area contributed by atoms with Crippen LogP contribution in [0.4, 0.5) is 0 Å². The van der Waals surface area contributed by atoms with E-state index in [1.54, 1.807) is 13.0 Å². The van der Waals surface area contributed by atoms with Gasteiger partial charge in [-0.05, 0) is 99.4 Å². The Labute approximate surface area is 338 Å². The van der Waals surface area contributed by atoms with Gasteiger partial charge in [0, 0.05) is 17.9 Å². The van der Waals surface area contributed by atoms with Gasteiger partial charge in [-0.2, -0.15) is 0 Å². The first-order valence-corrected chi connectivity index (χ1v) is 21.3. The molecule has 0 unspecified atom stereocenters. The summed E-state index contributed by atoms with van der Waals surface area (Å²) < 4.78 is 40.7. The van der Waals surface area contributed by atoms with E-state index in [0.29, 0.717) is 18.4 Å². The molecule has 0 aromatic rings. The van der Waals surface area contributed by atoms with Crippen LogP contribution in [-0.4, -0.2) is 169 Å². The lowest BCUT2D eigenvalue weighted by atomic mass is 9.43. The summed E-state index contributed by atoms with van der Waals surface area (Å²) in [5.74, 6) is 0.874. The largest absolute Gasteiger partial charge is 0.458 e. The molecule has 0 radical (unpaired) electrons. The fourth-order valence-electron chi connectivity index (χ4n) is 12.7. The van der Waals surface area contributed by atoms with E-state index in [0.717, 1.165) is 63.4 Å². The topological polar surface area (TPSA) is 264 Å². The van der Waals surface area contributed by atoms with Crippen LogP contribution >= 0.6 is 0 Å². The van der Waals surface area contributed by atoms with Crippen LogP contribution in [0, 0.1) is 34.5 Å². The number of ether oxygens (including phenoxy) is 7. The normalized spacial score (nSPS) is 54.6. The van der Waals surface area contributed by atoms with Gasteiger partial charge >= 0.3 is 5.97 Å². The molecule has 330 valence electrons. The fourth-order valence-corrected chi connectivity index (χ4v) is 12.7. The average molecular weight is 829 g/mol. The molecule has 17 nitrogen and oxygen atoms in total. The lowest BCUT2D eigenvalue weighted by Gasteiger charge is -2.64. The molecule has 9 N–H and O–H groups in total. The maximum Gasteiger partial charge on any atom is 0.331 e. The molecule has 0 bridgehead atoms. The monoisotopic (exact) mass is 828 g/mol. The molecule has 4 saturated carbocycles. The minimum atomic E-state index is -1.74. The summed E-state index contributed by atoms with van der Waals surface area (Å²) in [5.41, 5.74) is 0.0191. The van der Waals surface area contributed by atoms with Crippen molar-refractivity contribution >= 4 is 5.97 Å². The second kappa shape index (κ2) is 16.4. The summed E-state index contributed by atoms with van der Waals surface area (Å²) >= 11 is 0. The van der Waals surface area contributed by atoms with Crippen molar-refractivity contribution in [2.45, 2.75) is 183 Å². The second-order valence-electron chi connectivity index (χ2n) is 19.0. The number of rotatable bonds is 9. The number of esters is 1. The third kappa shape index (κ3) is 7.30. The minimum Gasteiger partial charge on any atom is -0.458 e. The molecular formula is C41H64O17. The Morgan fingerprint density at radius 1 is 0.759 bits per heavy atom. The van der Waals surface area contributed by atoms with Gasteiger partial charge in [-0.25, -0.2) is 4.79 Å². The van der Waals surface area contributed by atoms with Gasteiger partial charge in [-0.1, -0.05) is 13.8 Å². The van der Waals surface area contributed by atoms with E-state index in [-0.39, 0.29) is 41.2 Å². The highest BCUT2D eigenvalue weighted by molar-refractivity contribution is 5.85. The number of hydrogen-bond donors (Lipinski definition) is 9. The molecule has 4 heterocycles. The molecule has 3 saturated heterocycles. The first-order chi connectivity index (χ1) is 27.5. The first kappa shape index (κ1) is 43.3. The highest BCUT2D eigenvalue weighted by Crippen LogP contribution is 2.70. The molecule has 4 aliphatic carbocycles. The van der Waals surface area contributed by atoms with Crippen molar-refractivity contribution in [2.75, 3.05) is 19.8 Å². The summed E-state index contributed by atoms with van der Waals surface area (Å²) in [7, 11) is 0. The van der Waals surface area contributed by atoms with Gasteiger partial charge in [0.1, 0.15) is 61.5 Å². The Morgan fingerprint density at radius 2 is 1.47 bits per heavy atom. The number of cyclic esters (lactones) is 1. The highest BCUT2D eigenvalue weighted by Gasteiger charge is 2.68. The van der Waals surface area contributed by atoms with Gasteiger partial charge in [-0.3, -0.25) is 0 Å². The van der Waals surface area contributed by atoms with E-state index < -0.39 is 105 Å². The number of carbonyl (C=O) groups excluding carboxylic acids is 1. The Morgan fingerprint density at radius 3 is 2.16 bits per heavy atom. The number of fused-ring (bicyclic) bond motifs is 5. The van der Waals surface area contributed by atoms with Gasteiger partial charge in [0.25, 0.3) is 0 Å². The Hall–Kier alpha value is -1.39. The predicted molar refractivity (Wildman–Crippen MR) is 197 cm³/mol. The number of aliphatic hydroxyl groups excluding tert-OH is 8. The highest BCUT2D eigenvalue weighted by atomic mass is 16.7. The summed E-state index contributed by atoms with van der Waals surface area (Å²) in [5, 5.41) is 95.9. The Balaban J connectivity index is 0.843. The van der Waals surface area contributed by atoms with Crippen LogP contribution in [0.25, 0.3) is 0 Å². The zero-order valence-corrected chi connectivity index (χ0v) is 33.5. The summed E-state index contributed by atoms with van der Waals surface area (Å²) in [4.78, 5) is 11.9. The van der Waals surface area contributed by atoms with E-state index in [9.17, 15) is 50.8 Å². The molecule has 7 fully saturated rings. The van der Waals surface area contributed by atoms with E-state index in [4.69, 9.17) is 33.2 Å². The third-order valence-corrected chi connectivity index (χ3v) is 16.2. The molecule has 0 amide bonds. The molecule has 0 spiro atoms. The van der Waals surface area contributed by atoms with Crippen LogP contribution in [0.5, 0.6) is 0 Å². The van der Waals surface area contributed by atoms with Crippen LogP contribution < -0.4 is 0 Å². The van der Waals surface area contributed by atoms with Crippen LogP contribution in [-0.2, 0) is 38.0 Å². The van der Waals surface area contributed by atoms with Crippen molar-refractivity contribution < 1.29 is 83.9 Å². The van der Waals surface area contributed by atoms with E-state index >= 15 is 0 Å². The standard InChI is InChI=1S/C41H64O17/c1-18-36(58-38-35(50)33(48)31(46)27(57-38)17-53-37-34(49)32(47)30(45)26(15-42)56-37)25(43)14-29(54-18)55-21-6-9-39(2)20(13-21)4-5-24-23(39)7-10-40(3)22(8-11-41(24,40)51)19-12-28(44)52-16-19/h12,18,20-27,29-38,42-43,45-51H,4-11,13-17H2,1-3H3/t18-,20-,21+,22-,23+,24-,25+,26-,27-,29+,30-,31-,32+,33+,34-,35-,36-,37-,38+,39+,40-,41+/m1/s1. The third-order valence-electron chi connectivity index (χ3n) is 16.2. The quantitative estimate of drug-likeness (QED) is 0.101. The zero-order chi connectivity index (χ0) is 41.5. The van der Waals surface area contributed by atoms with Gasteiger partial charge in [0.15, 0.2) is 18.9 Å². The van der Waals surface area contributed by atoms with Gasteiger partial charge in [0.2, 0.25) is 0 Å². The predicted octanol–water partition coefficient (Wildman–Crippen LogP) is -0.866. The molecule has 8 aliphatic rings. The lowest BCUT2D eigenvalue weighted by Crippen LogP contribution is -2.63. The molecule has 17 heteroatoms. The van der Waals surface area contributed by atoms with Crippen molar-refractivity contribution in [2.24, 2.45) is 34.5 Å². The molecule has 4 aliphatic heterocycles. The minimum absolute atomic E-state index is 0.0551. The van der Waals surface area contributed by atoms with Gasteiger partial charge < -0.3 is 79.1 Å². The Kier molecular flexibility index (Phi) is 12.2. The van der Waals surface area contributed by atoms with E-state index in [1.165, 1.54) is 0 Å². The smallest absolute Gasteiger partial charge is 0.331 e. The average Bonchev–Trinajstić information content (AvgIpc) is 3.74. The maximum absolute atomic E-state index is 12.6. The number of hydrogen-bond acceptors (Lipinski definition) is 17. The second-order valence-corrected chi connectivity index (χ2v) is 19.0. The summed E-state index contributed by atoms with van der Waals surface area (Å²) in [6.07, 6.45) is -9.44. The lowest BCUT2D eigenvalue weighted by molar-refractivity contribution is -0.354. The maximum atomic E-state index is 12.6. The molecule has 8 rings (SSSR count). The van der Waals surface area contributed by atoms with Crippen molar-refractivity contribution in [1.82, 2.24) is 0 Å². The van der Waals surface area contributed by atoms with Crippen molar-refractivity contribution in [1.29, 1.82) is 0 Å². The first-order valence-electron chi connectivity index (χ1n) is 21.3. The van der Waals surface area contributed by atoms with Crippen molar-refractivity contribution in [3.63, 3.8) is 0 Å². The van der Waals surface area contributed by atoms with Crippen LogP contribution in [0.15, 0.2) is 11.6 Å². The fraction of sp³-hybridized carbons (Fsp3) is 0.927. The SMILES string of the molecule is C[C@H]1O[C@@H](O[C@H]2CC[C@@]3(C)[C@H](CC[C@@H]4[C@@H]3CC[C@]3(C)[C@@H](C5=CC(=O)OC5)CC[C@]43O)C2)C[C@H](O)[C@@H]1O[C@@H]1O[C@H](CO[C@@H]2O[C@H](CO)[C@@H](O)[C@H](O)[C@H]2O)[C@@H](O)[C@H](O)[C@H]1O. The number of carbonyl (C=O) groups is 1. The van der Waals surface area contributed by atoms with E-state index in [1.807, 2.05) is 0 Å². The Bertz CT molecular complexity index is 1500. The number of aliphatic hydroxyl groups is 9. The van der Waals surface area contributed by atoms with Crippen LogP contribution in [0.2, 0.25) is 0 Å². The molecule has 0 aromatic carbocycles. The molecule has 22 atom stereocenters. The molecule has 0 aromatic heterocycles. The van der Waals surface area contributed by atoms with Crippen LogP contribution in [0.3, 0.4) is 0 Å². The van der Waals surface area contributed by atoms with Gasteiger partial charge in [0.05, 0.1) is 37.1 Å². The van der Waals surface area contributed by atoms with Gasteiger partial charge in [-0.15, -0.1) is 0 Å².